The van der Waals surface area contributed by atoms with Crippen molar-refractivity contribution in [2.75, 3.05) is 13.1 Å². The molecule has 0 spiro atoms. The van der Waals surface area contributed by atoms with Crippen LogP contribution in [-0.2, 0) is 4.79 Å². The van der Waals surface area contributed by atoms with Crippen molar-refractivity contribution < 1.29 is 10.0 Å². The Morgan fingerprint density at radius 1 is 1.31 bits per heavy atom. The summed E-state index contributed by atoms with van der Waals surface area (Å²) in [6.07, 6.45) is 1.65. The summed E-state index contributed by atoms with van der Waals surface area (Å²) in [6.45, 7) is 1.30. The molecule has 1 amide bonds. The first-order chi connectivity index (χ1) is 6.16. The molecule has 0 aromatic heterocycles. The third kappa shape index (κ3) is 8.61. The van der Waals surface area contributed by atoms with Gasteiger partial charge in [-0.25, -0.2) is 0 Å². The number of amides is 1. The highest BCUT2D eigenvalue weighted by atomic mass is 16.4. The van der Waals surface area contributed by atoms with Crippen LogP contribution in [0, 0.1) is 0 Å². The van der Waals surface area contributed by atoms with Gasteiger partial charge in [0, 0.05) is 19.4 Å². The van der Waals surface area contributed by atoms with Crippen LogP contribution >= 0.6 is 0 Å². The zero-order chi connectivity index (χ0) is 10.1. The molecule has 0 bridgehead atoms. The molecular weight excluding hydrogens is 172 g/mol. The van der Waals surface area contributed by atoms with Crippen molar-refractivity contribution in [3.63, 3.8) is 0 Å². The Hall–Kier alpha value is -1.30. The van der Waals surface area contributed by atoms with Crippen LogP contribution in [0.5, 0.6) is 0 Å². The number of nitrogens with two attached hydrogens (primary N) is 2. The summed E-state index contributed by atoms with van der Waals surface area (Å²) < 4.78 is 0. The van der Waals surface area contributed by atoms with Crippen LogP contribution in [0.4, 0.5) is 0 Å². The first-order valence-electron chi connectivity index (χ1n) is 4.12. The molecule has 0 aliphatic rings. The summed E-state index contributed by atoms with van der Waals surface area (Å²) >= 11 is 0. The number of carbonyl (C=O) groups is 1. The van der Waals surface area contributed by atoms with Gasteiger partial charge in [-0.2, -0.15) is 0 Å². The lowest BCUT2D eigenvalue weighted by molar-refractivity contribution is -0.117. The summed E-state index contributed by atoms with van der Waals surface area (Å²) in [4.78, 5) is 10.3. The van der Waals surface area contributed by atoms with Gasteiger partial charge in [-0.1, -0.05) is 5.16 Å². The number of hydrogen-bond acceptors (Lipinski definition) is 4. The fraction of sp³-hybridized carbons (Fsp3) is 0.714. The Balaban J connectivity index is 3.13. The van der Waals surface area contributed by atoms with Crippen LogP contribution in [0.25, 0.3) is 0 Å². The molecule has 13 heavy (non-hydrogen) atoms. The number of hydrogen-bond donors (Lipinski definition) is 4. The zero-order valence-corrected chi connectivity index (χ0v) is 7.49. The van der Waals surface area contributed by atoms with E-state index in [1.165, 1.54) is 0 Å². The molecule has 0 fully saturated rings. The summed E-state index contributed by atoms with van der Waals surface area (Å²) in [5.74, 6) is -0.0966. The van der Waals surface area contributed by atoms with Crippen LogP contribution in [0.3, 0.4) is 0 Å². The number of amidine groups is 1. The zero-order valence-electron chi connectivity index (χ0n) is 7.49. The van der Waals surface area contributed by atoms with Crippen LogP contribution in [0.1, 0.15) is 19.3 Å². The summed E-state index contributed by atoms with van der Waals surface area (Å²) in [5, 5.41) is 14.0. The van der Waals surface area contributed by atoms with E-state index in [9.17, 15) is 4.79 Å². The minimum Gasteiger partial charge on any atom is -0.409 e. The maximum atomic E-state index is 10.3. The maximum Gasteiger partial charge on any atom is 0.218 e. The average molecular weight is 188 g/mol. The predicted molar refractivity (Wildman–Crippen MR) is 49.3 cm³/mol. The summed E-state index contributed by atoms with van der Waals surface area (Å²) in [7, 11) is 0. The fourth-order valence-electron chi connectivity index (χ4n) is 0.781. The second-order valence-electron chi connectivity index (χ2n) is 2.66. The molecule has 0 heterocycles. The van der Waals surface area contributed by atoms with E-state index in [0.29, 0.717) is 19.4 Å². The van der Waals surface area contributed by atoms with Crippen molar-refractivity contribution in [1.82, 2.24) is 5.32 Å². The van der Waals surface area contributed by atoms with Gasteiger partial charge in [-0.3, -0.25) is 4.79 Å². The Labute approximate surface area is 77.0 Å². The van der Waals surface area contributed by atoms with Gasteiger partial charge in [-0.05, 0) is 13.0 Å². The summed E-state index contributed by atoms with van der Waals surface area (Å²) in [5.41, 5.74) is 10.2. The highest BCUT2D eigenvalue weighted by Crippen LogP contribution is 1.86. The standard InChI is InChI=1S/C7H16N4O2/c8-6(11-13)2-1-4-10-5-3-7(9)12/h10,13H,1-5H2,(H2,8,11)(H2,9,12). The Bertz CT molecular complexity index is 181. The van der Waals surface area contributed by atoms with Gasteiger partial charge in [0.2, 0.25) is 5.91 Å². The van der Waals surface area contributed by atoms with E-state index < -0.39 is 0 Å². The van der Waals surface area contributed by atoms with Crippen molar-refractivity contribution in [2.24, 2.45) is 16.6 Å². The normalized spacial score (nSPS) is 11.5. The second-order valence-corrected chi connectivity index (χ2v) is 2.66. The van der Waals surface area contributed by atoms with E-state index >= 15 is 0 Å². The molecule has 0 aromatic rings. The molecule has 0 radical (unpaired) electrons. The van der Waals surface area contributed by atoms with Gasteiger partial charge in [0.25, 0.3) is 0 Å². The van der Waals surface area contributed by atoms with Gasteiger partial charge < -0.3 is 22.0 Å². The van der Waals surface area contributed by atoms with Gasteiger partial charge in [0.1, 0.15) is 5.84 Å². The first-order valence-corrected chi connectivity index (χ1v) is 4.12. The Morgan fingerprint density at radius 2 is 2.00 bits per heavy atom. The number of carbonyl (C=O) groups excluding carboxylic acids is 1. The number of nitrogens with zero attached hydrogens (tertiary/aromatic N) is 1. The SMILES string of the molecule is NC(=O)CCNCCCC(N)=NO. The quantitative estimate of drug-likeness (QED) is 0.134. The monoisotopic (exact) mass is 188 g/mol. The molecule has 6 heteroatoms. The first kappa shape index (κ1) is 11.7. The molecule has 0 saturated heterocycles. The van der Waals surface area contributed by atoms with Crippen molar-refractivity contribution >= 4 is 11.7 Å². The van der Waals surface area contributed by atoms with Gasteiger partial charge in [-0.15, -0.1) is 0 Å². The van der Waals surface area contributed by atoms with E-state index in [-0.39, 0.29) is 11.7 Å². The van der Waals surface area contributed by atoms with Crippen LogP contribution in [0.2, 0.25) is 0 Å². The van der Waals surface area contributed by atoms with Crippen molar-refractivity contribution in [3.05, 3.63) is 0 Å². The van der Waals surface area contributed by atoms with Gasteiger partial charge >= 0.3 is 0 Å². The second kappa shape index (κ2) is 7.35. The highest BCUT2D eigenvalue weighted by Gasteiger charge is 1.95. The number of primary amides is 1. The van der Waals surface area contributed by atoms with Crippen LogP contribution < -0.4 is 16.8 Å². The average Bonchev–Trinajstić information content (AvgIpc) is 2.10. The molecule has 6 N–H and O–H groups in total. The largest absolute Gasteiger partial charge is 0.409 e. The Morgan fingerprint density at radius 3 is 2.54 bits per heavy atom. The van der Waals surface area contributed by atoms with Gasteiger partial charge in [0.05, 0.1) is 0 Å². The molecule has 0 aliphatic carbocycles. The van der Waals surface area contributed by atoms with Crippen molar-refractivity contribution in [2.45, 2.75) is 19.3 Å². The van der Waals surface area contributed by atoms with E-state index in [2.05, 4.69) is 10.5 Å². The minimum atomic E-state index is -0.316. The minimum absolute atomic E-state index is 0.219. The molecule has 0 aliphatic heterocycles. The van der Waals surface area contributed by atoms with E-state index in [1.807, 2.05) is 0 Å². The van der Waals surface area contributed by atoms with E-state index in [1.54, 1.807) is 0 Å². The smallest absolute Gasteiger partial charge is 0.218 e. The van der Waals surface area contributed by atoms with Crippen LogP contribution in [0.15, 0.2) is 5.16 Å². The van der Waals surface area contributed by atoms with Crippen molar-refractivity contribution in [1.29, 1.82) is 0 Å². The lowest BCUT2D eigenvalue weighted by Crippen LogP contribution is -2.23. The molecule has 0 rings (SSSR count). The third-order valence-corrected chi connectivity index (χ3v) is 1.46. The molecule has 76 valence electrons. The van der Waals surface area contributed by atoms with Crippen molar-refractivity contribution in [3.8, 4) is 0 Å². The van der Waals surface area contributed by atoms with E-state index in [4.69, 9.17) is 16.7 Å². The summed E-state index contributed by atoms with van der Waals surface area (Å²) in [6, 6.07) is 0. The molecular formula is C7H16N4O2. The molecule has 6 nitrogen and oxygen atoms in total. The van der Waals surface area contributed by atoms with E-state index in [0.717, 1.165) is 13.0 Å². The molecule has 0 unspecified atom stereocenters. The molecule has 0 aromatic carbocycles. The third-order valence-electron chi connectivity index (χ3n) is 1.46. The van der Waals surface area contributed by atoms with Crippen LogP contribution in [-0.4, -0.2) is 30.0 Å². The number of nitrogens with one attached hydrogen (secondary N) is 1. The molecule has 0 saturated carbocycles. The lowest BCUT2D eigenvalue weighted by atomic mass is 10.3. The molecule has 0 atom stereocenters. The topological polar surface area (TPSA) is 114 Å². The predicted octanol–water partition coefficient (Wildman–Crippen LogP) is -1.02. The highest BCUT2D eigenvalue weighted by molar-refractivity contribution is 5.79. The van der Waals surface area contributed by atoms with Gasteiger partial charge in [0.15, 0.2) is 0 Å². The number of rotatable bonds is 7. The Kier molecular flexibility index (Phi) is 6.62. The maximum absolute atomic E-state index is 10.3. The lowest BCUT2D eigenvalue weighted by Gasteiger charge is -2.01. The number of oxime groups is 1. The fourth-order valence-corrected chi connectivity index (χ4v) is 0.781.